The molecule has 0 bridgehead atoms. The van der Waals surface area contributed by atoms with E-state index >= 15 is 0 Å². The Bertz CT molecular complexity index is 736. The van der Waals surface area contributed by atoms with Crippen LogP contribution in [0.1, 0.15) is 38.3 Å². The standard InChI is InChI=1S/C11H15I.C7H8O4S/c1-4-11(2,3)9-5-7-10(12)8-6-9;1-6-2-4-7(5-3-6)11-12(8,9)10/h5-8H,4H2,1-3H3;2-5H,1H3,(H,8,9,10)/p-1. The second kappa shape index (κ2) is 8.82. The average Bonchev–Trinajstić information content (AvgIpc) is 2.49. The number of rotatable bonds is 4. The second-order valence-electron chi connectivity index (χ2n) is 6.05. The van der Waals surface area contributed by atoms with E-state index in [-0.39, 0.29) is 5.75 Å². The van der Waals surface area contributed by atoms with Gasteiger partial charge in [0.1, 0.15) is 5.75 Å². The van der Waals surface area contributed by atoms with Crippen LogP contribution in [0.15, 0.2) is 48.5 Å². The summed E-state index contributed by atoms with van der Waals surface area (Å²) in [6, 6.07) is 15.0. The average molecular weight is 461 g/mol. The van der Waals surface area contributed by atoms with Gasteiger partial charge in [0.2, 0.25) is 0 Å². The van der Waals surface area contributed by atoms with Gasteiger partial charge in [-0.3, -0.25) is 0 Å². The van der Waals surface area contributed by atoms with Gasteiger partial charge in [0.05, 0.1) is 0 Å². The largest absolute Gasteiger partial charge is 0.716 e. The number of halogens is 1. The van der Waals surface area contributed by atoms with Crippen molar-refractivity contribution in [3.05, 3.63) is 63.2 Å². The van der Waals surface area contributed by atoms with Crippen LogP contribution >= 0.6 is 22.6 Å². The number of hydrogen-bond donors (Lipinski definition) is 0. The number of hydrogen-bond acceptors (Lipinski definition) is 4. The first kappa shape index (κ1) is 20.9. The highest BCUT2D eigenvalue weighted by Gasteiger charge is 2.16. The first-order chi connectivity index (χ1) is 11.0. The van der Waals surface area contributed by atoms with Crippen LogP contribution in [0.4, 0.5) is 0 Å². The predicted molar refractivity (Wildman–Crippen MR) is 104 cm³/mol. The lowest BCUT2D eigenvalue weighted by Gasteiger charge is -2.23. The molecule has 0 atom stereocenters. The molecule has 0 saturated heterocycles. The molecular weight excluding hydrogens is 439 g/mol. The van der Waals surface area contributed by atoms with Crippen molar-refractivity contribution in [2.24, 2.45) is 0 Å². The molecule has 2 rings (SSSR count). The highest BCUT2D eigenvalue weighted by Crippen LogP contribution is 2.26. The minimum Gasteiger partial charge on any atom is -0.716 e. The zero-order valence-corrected chi connectivity index (χ0v) is 17.2. The van der Waals surface area contributed by atoms with Crippen LogP contribution in [0.3, 0.4) is 0 Å². The van der Waals surface area contributed by atoms with Crippen molar-refractivity contribution in [2.45, 2.75) is 39.5 Å². The Kier molecular flexibility index (Phi) is 7.69. The lowest BCUT2D eigenvalue weighted by molar-refractivity contribution is 0.372. The maximum Gasteiger partial charge on any atom is 0.262 e. The van der Waals surface area contributed by atoms with Crippen molar-refractivity contribution < 1.29 is 17.2 Å². The van der Waals surface area contributed by atoms with Crippen LogP contribution in [0.2, 0.25) is 0 Å². The molecule has 2 aromatic rings. The molecule has 0 unspecified atom stereocenters. The molecule has 0 heterocycles. The zero-order chi connectivity index (χ0) is 18.4. The van der Waals surface area contributed by atoms with Gasteiger partial charge in [-0.15, -0.1) is 0 Å². The summed E-state index contributed by atoms with van der Waals surface area (Å²) in [5.74, 6) is 0.0376. The summed E-state index contributed by atoms with van der Waals surface area (Å²) >= 11 is 2.34. The topological polar surface area (TPSA) is 66.4 Å². The predicted octanol–water partition coefficient (Wildman–Crippen LogP) is 4.81. The van der Waals surface area contributed by atoms with Crippen LogP contribution < -0.4 is 4.18 Å². The van der Waals surface area contributed by atoms with Crippen LogP contribution in [0.25, 0.3) is 0 Å². The lowest BCUT2D eigenvalue weighted by Crippen LogP contribution is -2.14. The monoisotopic (exact) mass is 461 g/mol. The quantitative estimate of drug-likeness (QED) is 0.372. The van der Waals surface area contributed by atoms with E-state index in [1.165, 1.54) is 27.7 Å². The number of benzene rings is 2. The van der Waals surface area contributed by atoms with Gasteiger partial charge in [-0.25, -0.2) is 8.42 Å². The van der Waals surface area contributed by atoms with E-state index < -0.39 is 10.4 Å². The van der Waals surface area contributed by atoms with Gasteiger partial charge in [0, 0.05) is 3.57 Å². The Morgan fingerprint density at radius 1 is 1.04 bits per heavy atom. The van der Waals surface area contributed by atoms with Crippen LogP contribution in [0.5, 0.6) is 5.75 Å². The summed E-state index contributed by atoms with van der Waals surface area (Å²) in [5.41, 5.74) is 2.72. The van der Waals surface area contributed by atoms with Crippen molar-refractivity contribution in [3.8, 4) is 5.75 Å². The molecule has 0 spiro atoms. The minimum atomic E-state index is -4.64. The van der Waals surface area contributed by atoms with Crippen molar-refractivity contribution in [1.29, 1.82) is 0 Å². The smallest absolute Gasteiger partial charge is 0.262 e. The zero-order valence-electron chi connectivity index (χ0n) is 14.2. The minimum absolute atomic E-state index is 0.0376. The van der Waals surface area contributed by atoms with E-state index in [0.717, 1.165) is 5.56 Å². The Hall–Kier alpha value is -1.12. The maximum atomic E-state index is 10.1. The number of aryl methyl sites for hydroxylation is 1. The van der Waals surface area contributed by atoms with Crippen molar-refractivity contribution in [3.63, 3.8) is 0 Å². The lowest BCUT2D eigenvalue weighted by atomic mass is 9.82. The molecule has 24 heavy (non-hydrogen) atoms. The third-order valence-electron chi connectivity index (χ3n) is 3.73. The molecule has 0 N–H and O–H groups in total. The first-order valence-electron chi connectivity index (χ1n) is 7.51. The van der Waals surface area contributed by atoms with Gasteiger partial charge in [0.15, 0.2) is 0 Å². The molecule has 2 aromatic carbocycles. The first-order valence-corrected chi connectivity index (χ1v) is 9.93. The van der Waals surface area contributed by atoms with Gasteiger partial charge in [0.25, 0.3) is 10.4 Å². The molecule has 0 saturated carbocycles. The van der Waals surface area contributed by atoms with E-state index in [4.69, 9.17) is 0 Å². The fraction of sp³-hybridized carbons (Fsp3) is 0.333. The fourth-order valence-electron chi connectivity index (χ4n) is 1.82. The van der Waals surface area contributed by atoms with Crippen molar-refractivity contribution in [1.82, 2.24) is 0 Å². The highest BCUT2D eigenvalue weighted by atomic mass is 127. The highest BCUT2D eigenvalue weighted by molar-refractivity contribution is 14.1. The molecule has 0 aliphatic carbocycles. The van der Waals surface area contributed by atoms with Crippen LogP contribution in [0, 0.1) is 10.5 Å². The van der Waals surface area contributed by atoms with Crippen molar-refractivity contribution >= 4 is 33.0 Å². The van der Waals surface area contributed by atoms with Crippen molar-refractivity contribution in [2.75, 3.05) is 0 Å². The SMILES string of the molecule is CCC(C)(C)c1ccc(I)cc1.Cc1ccc(OS(=O)(=O)[O-])cc1. The third kappa shape index (κ3) is 7.63. The van der Waals surface area contributed by atoms with Crippen LogP contribution in [-0.2, 0) is 15.8 Å². The van der Waals surface area contributed by atoms with Gasteiger partial charge in [-0.2, -0.15) is 0 Å². The maximum absolute atomic E-state index is 10.1. The Labute approximate surface area is 158 Å². The fourth-order valence-corrected chi connectivity index (χ4v) is 2.52. The molecule has 0 aliphatic heterocycles. The van der Waals surface area contributed by atoms with Gasteiger partial charge < -0.3 is 8.74 Å². The summed E-state index contributed by atoms with van der Waals surface area (Å²) < 4.78 is 35.7. The Balaban J connectivity index is 0.000000240. The summed E-state index contributed by atoms with van der Waals surface area (Å²) in [4.78, 5) is 0. The molecule has 0 aromatic heterocycles. The molecule has 0 radical (unpaired) electrons. The molecule has 0 aliphatic rings. The van der Waals surface area contributed by atoms with E-state index in [1.807, 2.05) is 6.92 Å². The van der Waals surface area contributed by atoms with E-state index in [2.05, 4.69) is 71.8 Å². The summed E-state index contributed by atoms with van der Waals surface area (Å²) in [5, 5.41) is 0. The Morgan fingerprint density at radius 2 is 1.54 bits per heavy atom. The third-order valence-corrected chi connectivity index (χ3v) is 4.84. The second-order valence-corrected chi connectivity index (χ2v) is 8.28. The molecular formula is C18H22IO4S-. The van der Waals surface area contributed by atoms with E-state index in [1.54, 1.807) is 12.1 Å². The van der Waals surface area contributed by atoms with Crippen LogP contribution in [-0.4, -0.2) is 13.0 Å². The summed E-state index contributed by atoms with van der Waals surface area (Å²) in [7, 11) is -4.64. The molecule has 4 nitrogen and oxygen atoms in total. The summed E-state index contributed by atoms with van der Waals surface area (Å²) in [6.07, 6.45) is 1.19. The van der Waals surface area contributed by atoms with Gasteiger partial charge in [-0.05, 0) is 71.2 Å². The van der Waals surface area contributed by atoms with E-state index in [9.17, 15) is 13.0 Å². The molecule has 0 amide bonds. The molecule has 0 fully saturated rings. The molecule has 132 valence electrons. The molecule has 6 heteroatoms. The Morgan fingerprint density at radius 3 is 1.96 bits per heavy atom. The van der Waals surface area contributed by atoms with Gasteiger partial charge >= 0.3 is 0 Å². The van der Waals surface area contributed by atoms with E-state index in [0.29, 0.717) is 5.41 Å². The summed E-state index contributed by atoms with van der Waals surface area (Å²) in [6.45, 7) is 8.65. The van der Waals surface area contributed by atoms with Gasteiger partial charge in [-0.1, -0.05) is 50.6 Å². The normalized spacial score (nSPS) is 11.4.